The SMILES string of the molecule is COc1cccc(-c2ccc(C=C3SC(=Nc4ccc(O)cc4)N(C)C3=O)o2)c1. The normalized spacial score (nSPS) is 16.8. The topological polar surface area (TPSA) is 75.3 Å². The molecule has 1 N–H and O–H groups in total. The number of rotatable bonds is 4. The number of nitrogens with zero attached hydrogens (tertiary/aromatic N) is 2. The summed E-state index contributed by atoms with van der Waals surface area (Å²) in [6, 6.07) is 17.8. The molecule has 29 heavy (non-hydrogen) atoms. The molecule has 0 atom stereocenters. The summed E-state index contributed by atoms with van der Waals surface area (Å²) in [6.45, 7) is 0. The number of carbonyl (C=O) groups is 1. The standard InChI is InChI=1S/C22H18N2O4S/c1-24-21(26)20(29-22(24)23-15-6-8-16(25)9-7-15)13-18-10-11-19(28-18)14-4-3-5-17(12-14)27-2/h3-13,25H,1-2H3. The van der Waals surface area contributed by atoms with Crippen LogP contribution >= 0.6 is 11.8 Å². The van der Waals surface area contributed by atoms with Crippen LogP contribution in [0.3, 0.4) is 0 Å². The van der Waals surface area contributed by atoms with Crippen LogP contribution in [0.2, 0.25) is 0 Å². The number of amides is 1. The number of phenols is 1. The van der Waals surface area contributed by atoms with Gasteiger partial charge in [-0.15, -0.1) is 0 Å². The summed E-state index contributed by atoms with van der Waals surface area (Å²) in [4.78, 5) is 19.1. The Morgan fingerprint density at radius 3 is 2.69 bits per heavy atom. The van der Waals surface area contributed by atoms with Crippen LogP contribution in [-0.2, 0) is 4.79 Å². The zero-order valence-corrected chi connectivity index (χ0v) is 16.6. The lowest BCUT2D eigenvalue weighted by Gasteiger charge is -2.06. The lowest BCUT2D eigenvalue weighted by molar-refractivity contribution is -0.121. The highest BCUT2D eigenvalue weighted by Gasteiger charge is 2.30. The molecule has 4 rings (SSSR count). The summed E-state index contributed by atoms with van der Waals surface area (Å²) in [7, 11) is 3.30. The predicted molar refractivity (Wildman–Crippen MR) is 114 cm³/mol. The molecule has 1 saturated heterocycles. The number of benzene rings is 2. The quantitative estimate of drug-likeness (QED) is 0.624. The molecule has 1 aliphatic rings. The van der Waals surface area contributed by atoms with E-state index in [1.165, 1.54) is 16.7 Å². The first-order valence-corrected chi connectivity index (χ1v) is 9.65. The van der Waals surface area contributed by atoms with Gasteiger partial charge in [-0.1, -0.05) is 12.1 Å². The lowest BCUT2D eigenvalue weighted by Crippen LogP contribution is -2.23. The predicted octanol–water partition coefficient (Wildman–Crippen LogP) is 4.89. The van der Waals surface area contributed by atoms with Gasteiger partial charge < -0.3 is 14.3 Å². The number of hydrogen-bond donors (Lipinski definition) is 1. The van der Waals surface area contributed by atoms with E-state index < -0.39 is 0 Å². The third-order valence-electron chi connectivity index (χ3n) is 4.33. The Labute approximate surface area is 172 Å². The minimum atomic E-state index is -0.146. The number of furan rings is 1. The number of aromatic hydroxyl groups is 1. The van der Waals surface area contributed by atoms with Crippen molar-refractivity contribution in [3.63, 3.8) is 0 Å². The molecule has 1 aliphatic heterocycles. The van der Waals surface area contributed by atoms with Crippen molar-refractivity contribution in [1.82, 2.24) is 4.90 Å². The van der Waals surface area contributed by atoms with Crippen LogP contribution < -0.4 is 4.74 Å². The second-order valence-electron chi connectivity index (χ2n) is 6.32. The molecule has 0 unspecified atom stereocenters. The minimum Gasteiger partial charge on any atom is -0.508 e. The van der Waals surface area contributed by atoms with Gasteiger partial charge in [-0.25, -0.2) is 4.99 Å². The first kappa shape index (κ1) is 18.9. The van der Waals surface area contributed by atoms with E-state index in [-0.39, 0.29) is 11.7 Å². The average molecular weight is 406 g/mol. The zero-order valence-electron chi connectivity index (χ0n) is 15.8. The highest BCUT2D eigenvalue weighted by Crippen LogP contribution is 2.34. The number of aliphatic imine (C=N–C) groups is 1. The van der Waals surface area contributed by atoms with Gasteiger partial charge in [0.05, 0.1) is 17.7 Å². The van der Waals surface area contributed by atoms with Crippen molar-refractivity contribution in [2.75, 3.05) is 14.2 Å². The summed E-state index contributed by atoms with van der Waals surface area (Å²) in [5.74, 6) is 2.04. The fourth-order valence-electron chi connectivity index (χ4n) is 2.78. The average Bonchev–Trinajstić information content (AvgIpc) is 3.31. The highest BCUT2D eigenvalue weighted by molar-refractivity contribution is 8.18. The van der Waals surface area contributed by atoms with Gasteiger partial charge in [0.2, 0.25) is 0 Å². The number of phenolic OH excluding ortho intramolecular Hbond substituents is 1. The van der Waals surface area contributed by atoms with Gasteiger partial charge in [0.1, 0.15) is 23.0 Å². The van der Waals surface area contributed by atoms with Crippen LogP contribution in [0, 0.1) is 0 Å². The molecule has 7 heteroatoms. The molecule has 1 amide bonds. The van der Waals surface area contributed by atoms with Crippen LogP contribution in [0.4, 0.5) is 5.69 Å². The molecule has 3 aromatic rings. The second kappa shape index (κ2) is 7.89. The van der Waals surface area contributed by atoms with Gasteiger partial charge in [-0.2, -0.15) is 0 Å². The molecule has 146 valence electrons. The molecular formula is C22H18N2O4S. The highest BCUT2D eigenvalue weighted by atomic mass is 32.2. The van der Waals surface area contributed by atoms with E-state index in [1.54, 1.807) is 44.5 Å². The van der Waals surface area contributed by atoms with Crippen molar-refractivity contribution in [1.29, 1.82) is 0 Å². The number of methoxy groups -OCH3 is 1. The number of thioether (sulfide) groups is 1. The molecule has 1 fully saturated rings. The molecular weight excluding hydrogens is 388 g/mol. The zero-order chi connectivity index (χ0) is 20.4. The van der Waals surface area contributed by atoms with Crippen molar-refractivity contribution >= 4 is 34.6 Å². The fraction of sp³-hybridized carbons (Fsp3) is 0.0909. The largest absolute Gasteiger partial charge is 0.508 e. The maximum absolute atomic E-state index is 12.6. The molecule has 2 heterocycles. The van der Waals surface area contributed by atoms with E-state index in [4.69, 9.17) is 9.15 Å². The van der Waals surface area contributed by atoms with Gasteiger partial charge in [-0.3, -0.25) is 9.69 Å². The van der Waals surface area contributed by atoms with E-state index in [1.807, 2.05) is 36.4 Å². The monoisotopic (exact) mass is 406 g/mol. The van der Waals surface area contributed by atoms with E-state index in [0.29, 0.717) is 27.3 Å². The molecule has 6 nitrogen and oxygen atoms in total. The smallest absolute Gasteiger partial charge is 0.266 e. The number of amidine groups is 1. The third kappa shape index (κ3) is 4.05. The third-order valence-corrected chi connectivity index (χ3v) is 5.39. The lowest BCUT2D eigenvalue weighted by atomic mass is 10.2. The Balaban J connectivity index is 1.58. The van der Waals surface area contributed by atoms with Crippen LogP contribution in [0.1, 0.15) is 5.76 Å². The van der Waals surface area contributed by atoms with Gasteiger partial charge in [0.25, 0.3) is 5.91 Å². The molecule has 0 radical (unpaired) electrons. The Hall–Kier alpha value is -3.45. The summed E-state index contributed by atoms with van der Waals surface area (Å²) < 4.78 is 11.1. The molecule has 0 bridgehead atoms. The number of ether oxygens (including phenoxy) is 1. The maximum Gasteiger partial charge on any atom is 0.266 e. The number of likely N-dealkylation sites (N-methyl/N-ethyl adjacent to an activating group) is 1. The van der Waals surface area contributed by atoms with E-state index in [0.717, 1.165) is 11.3 Å². The van der Waals surface area contributed by atoms with Crippen molar-refractivity contribution in [3.05, 3.63) is 71.3 Å². The maximum atomic E-state index is 12.6. The van der Waals surface area contributed by atoms with Crippen LogP contribution in [0.5, 0.6) is 11.5 Å². The van der Waals surface area contributed by atoms with Gasteiger partial charge in [0, 0.05) is 18.7 Å². The van der Waals surface area contributed by atoms with Gasteiger partial charge in [-0.05, 0) is 60.3 Å². The molecule has 2 aromatic carbocycles. The summed E-state index contributed by atoms with van der Waals surface area (Å²) in [5.41, 5.74) is 1.55. The Morgan fingerprint density at radius 2 is 1.93 bits per heavy atom. The van der Waals surface area contributed by atoms with Gasteiger partial charge in [0.15, 0.2) is 5.17 Å². The molecule has 0 saturated carbocycles. The Kier molecular flexibility index (Phi) is 5.14. The minimum absolute atomic E-state index is 0.146. The summed E-state index contributed by atoms with van der Waals surface area (Å²) in [5, 5.41) is 9.95. The second-order valence-corrected chi connectivity index (χ2v) is 7.33. The van der Waals surface area contributed by atoms with Gasteiger partial charge >= 0.3 is 0 Å². The first-order chi connectivity index (χ1) is 14.0. The Bertz CT molecular complexity index is 1120. The van der Waals surface area contributed by atoms with Crippen LogP contribution in [0.25, 0.3) is 17.4 Å². The van der Waals surface area contributed by atoms with E-state index in [9.17, 15) is 9.90 Å². The van der Waals surface area contributed by atoms with E-state index >= 15 is 0 Å². The summed E-state index contributed by atoms with van der Waals surface area (Å²) in [6.07, 6.45) is 1.71. The molecule has 1 aromatic heterocycles. The Morgan fingerprint density at radius 1 is 1.14 bits per heavy atom. The fourth-order valence-corrected chi connectivity index (χ4v) is 3.75. The molecule has 0 spiro atoms. The van der Waals surface area contributed by atoms with Crippen molar-refractivity contribution in [2.24, 2.45) is 4.99 Å². The number of hydrogen-bond acceptors (Lipinski definition) is 6. The summed E-state index contributed by atoms with van der Waals surface area (Å²) >= 11 is 1.28. The van der Waals surface area contributed by atoms with Crippen molar-refractivity contribution in [2.45, 2.75) is 0 Å². The van der Waals surface area contributed by atoms with Crippen LogP contribution in [0.15, 0.2) is 75.0 Å². The first-order valence-electron chi connectivity index (χ1n) is 8.83. The number of carbonyl (C=O) groups excluding carboxylic acids is 1. The van der Waals surface area contributed by atoms with Crippen molar-refractivity contribution in [3.8, 4) is 22.8 Å². The molecule has 0 aliphatic carbocycles. The van der Waals surface area contributed by atoms with Crippen molar-refractivity contribution < 1.29 is 19.1 Å². The van der Waals surface area contributed by atoms with E-state index in [2.05, 4.69) is 4.99 Å². The van der Waals surface area contributed by atoms with Crippen LogP contribution in [-0.4, -0.2) is 35.2 Å².